The number of amides is 1. The Morgan fingerprint density at radius 3 is 2.19 bits per heavy atom. The molecular formula is C18H22ClNO6. The zero-order valence-corrected chi connectivity index (χ0v) is 15.6. The fraction of sp³-hybridized carbons (Fsp3) is 0.444. The van der Waals surface area contributed by atoms with Gasteiger partial charge in [-0.2, -0.15) is 0 Å². The summed E-state index contributed by atoms with van der Waals surface area (Å²) in [5.41, 5.74) is 0.772. The van der Waals surface area contributed by atoms with Gasteiger partial charge in [0.1, 0.15) is 12.5 Å². The predicted molar refractivity (Wildman–Crippen MR) is 94.2 cm³/mol. The molecule has 0 aromatic heterocycles. The van der Waals surface area contributed by atoms with Crippen LogP contribution in [0.25, 0.3) is 0 Å². The van der Waals surface area contributed by atoms with Crippen molar-refractivity contribution in [3.63, 3.8) is 0 Å². The second kappa shape index (κ2) is 10.6. The number of benzene rings is 1. The third-order valence-electron chi connectivity index (χ3n) is 3.60. The van der Waals surface area contributed by atoms with Crippen LogP contribution in [0, 0.1) is 11.8 Å². The third kappa shape index (κ3) is 6.15. The van der Waals surface area contributed by atoms with Gasteiger partial charge in [0.2, 0.25) is 5.91 Å². The standard InChI is InChI=1S/C18H22ClNO6/c1-11(2)14(17(23)26-10-12-7-5-4-6-8-12)16(22)20-15(13(21)9-19)18(24)25-3/h4-8,11,14-15H,9-10H2,1-3H3,(H,20,22)/t14-,15?/m0/s1. The Labute approximate surface area is 157 Å². The summed E-state index contributed by atoms with van der Waals surface area (Å²) in [5, 5.41) is 2.23. The van der Waals surface area contributed by atoms with Crippen LogP contribution >= 0.6 is 11.6 Å². The quantitative estimate of drug-likeness (QED) is 0.394. The van der Waals surface area contributed by atoms with E-state index in [1.807, 2.05) is 6.07 Å². The maximum Gasteiger partial charge on any atom is 0.336 e. The zero-order chi connectivity index (χ0) is 19.7. The molecule has 0 radical (unpaired) electrons. The summed E-state index contributed by atoms with van der Waals surface area (Å²) in [5.74, 6) is -5.31. The summed E-state index contributed by atoms with van der Waals surface area (Å²) in [7, 11) is 1.08. The number of ketones is 1. The van der Waals surface area contributed by atoms with Gasteiger partial charge in [-0.1, -0.05) is 44.2 Å². The van der Waals surface area contributed by atoms with Crippen molar-refractivity contribution in [2.75, 3.05) is 13.0 Å². The van der Waals surface area contributed by atoms with Crippen LogP contribution in [0.15, 0.2) is 30.3 Å². The summed E-state index contributed by atoms with van der Waals surface area (Å²) in [6, 6.07) is 7.43. The van der Waals surface area contributed by atoms with Gasteiger partial charge in [0.05, 0.1) is 13.0 Å². The number of esters is 2. The van der Waals surface area contributed by atoms with E-state index in [1.54, 1.807) is 38.1 Å². The minimum Gasteiger partial charge on any atom is -0.467 e. The second-order valence-electron chi connectivity index (χ2n) is 5.88. The van der Waals surface area contributed by atoms with Gasteiger partial charge in [0.15, 0.2) is 11.8 Å². The zero-order valence-electron chi connectivity index (χ0n) is 14.9. The summed E-state index contributed by atoms with van der Waals surface area (Å²) in [6.45, 7) is 3.33. The number of ether oxygens (including phenoxy) is 2. The maximum absolute atomic E-state index is 12.5. The molecule has 2 atom stereocenters. The molecule has 26 heavy (non-hydrogen) atoms. The molecule has 1 aromatic rings. The smallest absolute Gasteiger partial charge is 0.336 e. The number of carbonyl (C=O) groups is 4. The number of rotatable bonds is 9. The van der Waals surface area contributed by atoms with E-state index in [-0.39, 0.29) is 6.61 Å². The van der Waals surface area contributed by atoms with Crippen molar-refractivity contribution in [3.8, 4) is 0 Å². The van der Waals surface area contributed by atoms with E-state index in [9.17, 15) is 19.2 Å². The molecule has 0 aliphatic carbocycles. The molecule has 0 saturated carbocycles. The van der Waals surface area contributed by atoms with Gasteiger partial charge in [0.25, 0.3) is 0 Å². The van der Waals surface area contributed by atoms with Crippen molar-refractivity contribution < 1.29 is 28.7 Å². The first-order chi connectivity index (χ1) is 12.3. The normalized spacial score (nSPS) is 12.8. The first-order valence-electron chi connectivity index (χ1n) is 7.99. The molecule has 0 aliphatic heterocycles. The third-order valence-corrected chi connectivity index (χ3v) is 3.87. The van der Waals surface area contributed by atoms with Crippen LogP contribution in [-0.2, 0) is 35.3 Å². The molecular weight excluding hydrogens is 362 g/mol. The Morgan fingerprint density at radius 1 is 1.08 bits per heavy atom. The highest BCUT2D eigenvalue weighted by Gasteiger charge is 2.36. The number of nitrogens with one attached hydrogen (secondary N) is 1. The lowest BCUT2D eigenvalue weighted by Gasteiger charge is -2.21. The van der Waals surface area contributed by atoms with Gasteiger partial charge < -0.3 is 14.8 Å². The van der Waals surface area contributed by atoms with Gasteiger partial charge in [-0.3, -0.25) is 14.4 Å². The Hall–Kier alpha value is -2.41. The Balaban J connectivity index is 2.83. The first-order valence-corrected chi connectivity index (χ1v) is 8.52. The van der Waals surface area contributed by atoms with Crippen LogP contribution in [0.1, 0.15) is 19.4 Å². The van der Waals surface area contributed by atoms with Gasteiger partial charge in [0, 0.05) is 0 Å². The number of Topliss-reactive ketones (excluding diaryl/α,β-unsaturated/α-hetero) is 1. The summed E-state index contributed by atoms with van der Waals surface area (Å²) < 4.78 is 9.69. The average molecular weight is 384 g/mol. The van der Waals surface area contributed by atoms with Gasteiger partial charge in [-0.15, -0.1) is 11.6 Å². The Morgan fingerprint density at radius 2 is 1.69 bits per heavy atom. The highest BCUT2D eigenvalue weighted by atomic mass is 35.5. The van der Waals surface area contributed by atoms with E-state index in [0.29, 0.717) is 0 Å². The number of methoxy groups -OCH3 is 1. The van der Waals surface area contributed by atoms with E-state index < -0.39 is 47.4 Å². The average Bonchev–Trinajstić information content (AvgIpc) is 2.63. The van der Waals surface area contributed by atoms with Crippen LogP contribution < -0.4 is 5.32 Å². The molecule has 8 heteroatoms. The molecule has 0 spiro atoms. The van der Waals surface area contributed by atoms with Gasteiger partial charge >= 0.3 is 11.9 Å². The maximum atomic E-state index is 12.5. The second-order valence-corrected chi connectivity index (χ2v) is 6.15. The number of hydrogen-bond acceptors (Lipinski definition) is 6. The molecule has 0 saturated heterocycles. The highest BCUT2D eigenvalue weighted by Crippen LogP contribution is 2.15. The SMILES string of the molecule is COC(=O)C(NC(=O)[C@@H](C(=O)OCc1ccccc1)C(C)C)C(=O)CCl. The number of hydrogen-bond donors (Lipinski definition) is 1. The minimum atomic E-state index is -1.56. The van der Waals surface area contributed by atoms with Crippen LogP contribution in [-0.4, -0.2) is 42.7 Å². The Bertz CT molecular complexity index is 630. The Kier molecular flexibility index (Phi) is 8.78. The topological polar surface area (TPSA) is 98.8 Å². The lowest BCUT2D eigenvalue weighted by molar-refractivity contribution is -0.158. The van der Waals surface area contributed by atoms with Crippen molar-refractivity contribution in [3.05, 3.63) is 35.9 Å². The summed E-state index contributed by atoms with van der Waals surface area (Å²) >= 11 is 5.45. The number of halogens is 1. The number of carbonyl (C=O) groups excluding carboxylic acids is 4. The molecule has 1 amide bonds. The first kappa shape index (κ1) is 21.6. The molecule has 0 heterocycles. The molecule has 1 N–H and O–H groups in total. The van der Waals surface area contributed by atoms with Crippen LogP contribution in [0.5, 0.6) is 0 Å². The molecule has 1 unspecified atom stereocenters. The highest BCUT2D eigenvalue weighted by molar-refractivity contribution is 6.30. The van der Waals surface area contributed by atoms with E-state index >= 15 is 0 Å². The monoisotopic (exact) mass is 383 g/mol. The fourth-order valence-electron chi connectivity index (χ4n) is 2.20. The molecule has 0 aliphatic rings. The van der Waals surface area contributed by atoms with E-state index in [1.165, 1.54) is 0 Å². The van der Waals surface area contributed by atoms with Gasteiger partial charge in [-0.05, 0) is 11.5 Å². The molecule has 0 fully saturated rings. The number of alkyl halides is 1. The summed E-state index contributed by atoms with van der Waals surface area (Å²) in [4.78, 5) is 48.3. The van der Waals surface area contributed by atoms with Crippen molar-refractivity contribution in [1.29, 1.82) is 0 Å². The van der Waals surface area contributed by atoms with Crippen LogP contribution in [0.4, 0.5) is 0 Å². The van der Waals surface area contributed by atoms with Crippen molar-refractivity contribution in [1.82, 2.24) is 5.32 Å². The van der Waals surface area contributed by atoms with E-state index in [0.717, 1.165) is 12.7 Å². The van der Waals surface area contributed by atoms with E-state index in [2.05, 4.69) is 10.1 Å². The van der Waals surface area contributed by atoms with Crippen molar-refractivity contribution in [2.24, 2.45) is 11.8 Å². The fourth-order valence-corrected chi connectivity index (χ4v) is 2.35. The lowest BCUT2D eigenvalue weighted by atomic mass is 9.94. The lowest BCUT2D eigenvalue weighted by Crippen LogP contribution is -2.51. The van der Waals surface area contributed by atoms with Crippen LogP contribution in [0.3, 0.4) is 0 Å². The predicted octanol–water partition coefficient (Wildman–Crippen LogP) is 1.47. The molecule has 1 rings (SSSR count). The summed E-state index contributed by atoms with van der Waals surface area (Å²) in [6.07, 6.45) is 0. The largest absolute Gasteiger partial charge is 0.467 e. The molecule has 1 aromatic carbocycles. The van der Waals surface area contributed by atoms with Crippen LogP contribution in [0.2, 0.25) is 0 Å². The molecule has 7 nitrogen and oxygen atoms in total. The van der Waals surface area contributed by atoms with Gasteiger partial charge in [-0.25, -0.2) is 4.79 Å². The molecule has 0 bridgehead atoms. The molecule has 142 valence electrons. The minimum absolute atomic E-state index is 0.0111. The van der Waals surface area contributed by atoms with Crippen molar-refractivity contribution >= 4 is 35.2 Å². The van der Waals surface area contributed by atoms with Crippen molar-refractivity contribution in [2.45, 2.75) is 26.5 Å². The van der Waals surface area contributed by atoms with E-state index in [4.69, 9.17) is 16.3 Å².